The molecular weight excluding hydrogens is 314 g/mol. The second-order valence-corrected chi connectivity index (χ2v) is 6.22. The average Bonchev–Trinajstić information content (AvgIpc) is 2.98. The minimum Gasteiger partial charge on any atom is -0.356 e. The van der Waals surface area contributed by atoms with Crippen molar-refractivity contribution in [2.75, 3.05) is 6.54 Å². The minimum absolute atomic E-state index is 0.0440. The molecule has 1 heterocycles. The Balaban J connectivity index is 1.62. The largest absolute Gasteiger partial charge is 0.356 e. The van der Waals surface area contributed by atoms with E-state index in [9.17, 15) is 4.79 Å². The summed E-state index contributed by atoms with van der Waals surface area (Å²) in [5.41, 5.74) is 1.19. The molecule has 0 aliphatic carbocycles. The van der Waals surface area contributed by atoms with Crippen LogP contribution in [0.3, 0.4) is 0 Å². The molecule has 124 valence electrons. The Kier molecular flexibility index (Phi) is 6.59. The van der Waals surface area contributed by atoms with Gasteiger partial charge in [0.25, 0.3) is 0 Å². The van der Waals surface area contributed by atoms with Crippen LogP contribution in [-0.2, 0) is 17.6 Å². The highest BCUT2D eigenvalue weighted by atomic mass is 35.5. The minimum atomic E-state index is 0.0440. The predicted molar refractivity (Wildman–Crippen MR) is 89.5 cm³/mol. The van der Waals surface area contributed by atoms with Gasteiger partial charge >= 0.3 is 0 Å². The van der Waals surface area contributed by atoms with Gasteiger partial charge in [-0.1, -0.05) is 42.7 Å². The summed E-state index contributed by atoms with van der Waals surface area (Å²) in [6.07, 6.45) is 2.74. The van der Waals surface area contributed by atoms with Crippen molar-refractivity contribution < 1.29 is 9.32 Å². The summed E-state index contributed by atoms with van der Waals surface area (Å²) < 4.78 is 5.13. The number of halogens is 1. The van der Waals surface area contributed by atoms with E-state index in [0.29, 0.717) is 31.1 Å². The number of benzene rings is 1. The first-order valence-electron chi connectivity index (χ1n) is 7.88. The molecule has 0 unspecified atom stereocenters. The number of nitrogens with zero attached hydrogens (tertiary/aromatic N) is 2. The van der Waals surface area contributed by atoms with Crippen molar-refractivity contribution in [2.24, 2.45) is 0 Å². The quantitative estimate of drug-likeness (QED) is 0.801. The van der Waals surface area contributed by atoms with E-state index in [1.165, 1.54) is 5.56 Å². The van der Waals surface area contributed by atoms with Crippen LogP contribution in [0, 0.1) is 0 Å². The highest BCUT2D eigenvalue weighted by Crippen LogP contribution is 2.12. The Morgan fingerprint density at radius 3 is 2.65 bits per heavy atom. The Morgan fingerprint density at radius 2 is 2.00 bits per heavy atom. The molecule has 5 nitrogen and oxygen atoms in total. The predicted octanol–water partition coefficient (Wildman–Crippen LogP) is 3.53. The number of hydrogen-bond donors (Lipinski definition) is 1. The lowest BCUT2D eigenvalue weighted by molar-refractivity contribution is -0.121. The topological polar surface area (TPSA) is 68.0 Å². The molecule has 2 aromatic rings. The van der Waals surface area contributed by atoms with Crippen molar-refractivity contribution in [1.29, 1.82) is 0 Å². The molecular formula is C17H22ClN3O2. The number of aromatic nitrogens is 2. The lowest BCUT2D eigenvalue weighted by Crippen LogP contribution is -2.25. The van der Waals surface area contributed by atoms with Crippen LogP contribution in [0.5, 0.6) is 0 Å². The first-order valence-corrected chi connectivity index (χ1v) is 8.26. The number of carbonyl (C=O) groups is 1. The Bertz CT molecular complexity index is 623. The van der Waals surface area contributed by atoms with Crippen LogP contribution in [0.25, 0.3) is 0 Å². The van der Waals surface area contributed by atoms with Crippen molar-refractivity contribution in [1.82, 2.24) is 15.5 Å². The molecule has 6 heteroatoms. The summed E-state index contributed by atoms with van der Waals surface area (Å²) in [4.78, 5) is 16.1. The molecule has 0 saturated carbocycles. The van der Waals surface area contributed by atoms with Gasteiger partial charge in [0.05, 0.1) is 0 Å². The zero-order valence-corrected chi connectivity index (χ0v) is 14.3. The van der Waals surface area contributed by atoms with E-state index < -0.39 is 0 Å². The Labute approximate surface area is 141 Å². The number of nitrogens with one attached hydrogen (secondary N) is 1. The number of hydrogen-bond acceptors (Lipinski definition) is 4. The van der Waals surface area contributed by atoms with Crippen LogP contribution in [0.1, 0.15) is 49.9 Å². The van der Waals surface area contributed by atoms with Crippen molar-refractivity contribution in [3.63, 3.8) is 0 Å². The lowest BCUT2D eigenvalue weighted by Gasteiger charge is -2.04. The van der Waals surface area contributed by atoms with E-state index in [2.05, 4.69) is 15.5 Å². The van der Waals surface area contributed by atoms with Gasteiger partial charge in [-0.3, -0.25) is 4.79 Å². The normalized spacial score (nSPS) is 11.0. The third-order valence-electron chi connectivity index (χ3n) is 3.44. The zero-order valence-electron chi connectivity index (χ0n) is 13.5. The molecule has 0 bridgehead atoms. The summed E-state index contributed by atoms with van der Waals surface area (Å²) >= 11 is 5.84. The lowest BCUT2D eigenvalue weighted by atomic mass is 10.1. The molecule has 0 aliphatic rings. The zero-order chi connectivity index (χ0) is 16.7. The van der Waals surface area contributed by atoms with Gasteiger partial charge in [0.1, 0.15) is 0 Å². The van der Waals surface area contributed by atoms with E-state index >= 15 is 0 Å². The SMILES string of the molecule is CC(C)c1noc(CCNC(=O)CCCc2ccc(Cl)cc2)n1. The Morgan fingerprint density at radius 1 is 1.26 bits per heavy atom. The smallest absolute Gasteiger partial charge is 0.228 e. The number of rotatable bonds is 8. The maximum Gasteiger partial charge on any atom is 0.228 e. The summed E-state index contributed by atoms with van der Waals surface area (Å²) in [5.74, 6) is 1.56. The van der Waals surface area contributed by atoms with E-state index in [1.54, 1.807) is 0 Å². The van der Waals surface area contributed by atoms with E-state index in [4.69, 9.17) is 16.1 Å². The van der Waals surface area contributed by atoms with Crippen LogP contribution in [0.15, 0.2) is 28.8 Å². The first-order chi connectivity index (χ1) is 11.0. The van der Waals surface area contributed by atoms with Gasteiger partial charge in [0.2, 0.25) is 11.8 Å². The van der Waals surface area contributed by atoms with Crippen LogP contribution in [-0.4, -0.2) is 22.6 Å². The average molecular weight is 336 g/mol. The first kappa shape index (κ1) is 17.5. The maximum atomic E-state index is 11.8. The standard InChI is InChI=1S/C17H22ClN3O2/c1-12(2)17-20-16(23-21-17)10-11-19-15(22)5-3-4-13-6-8-14(18)9-7-13/h6-9,12H,3-5,10-11H2,1-2H3,(H,19,22). The molecule has 0 aliphatic heterocycles. The van der Waals surface area contributed by atoms with Crippen LogP contribution in [0.4, 0.5) is 0 Å². The van der Waals surface area contributed by atoms with Gasteiger partial charge in [0.15, 0.2) is 5.82 Å². The molecule has 1 amide bonds. The second-order valence-electron chi connectivity index (χ2n) is 5.78. The van der Waals surface area contributed by atoms with Gasteiger partial charge < -0.3 is 9.84 Å². The highest BCUT2D eigenvalue weighted by molar-refractivity contribution is 6.30. The van der Waals surface area contributed by atoms with E-state index in [1.807, 2.05) is 38.1 Å². The van der Waals surface area contributed by atoms with Gasteiger partial charge in [-0.25, -0.2) is 0 Å². The molecule has 2 rings (SSSR count). The molecule has 0 atom stereocenters. The van der Waals surface area contributed by atoms with Gasteiger partial charge in [-0.2, -0.15) is 4.98 Å². The fraction of sp³-hybridized carbons (Fsp3) is 0.471. The number of carbonyl (C=O) groups excluding carboxylic acids is 1. The van der Waals surface area contributed by atoms with Crippen LogP contribution < -0.4 is 5.32 Å². The summed E-state index contributed by atoms with van der Waals surface area (Å²) in [7, 11) is 0. The third kappa shape index (κ3) is 6.02. The molecule has 0 spiro atoms. The molecule has 0 fully saturated rings. The molecule has 0 radical (unpaired) electrons. The molecule has 1 aromatic heterocycles. The number of aryl methyl sites for hydroxylation is 1. The van der Waals surface area contributed by atoms with Gasteiger partial charge in [-0.05, 0) is 30.5 Å². The van der Waals surface area contributed by atoms with Gasteiger partial charge in [-0.15, -0.1) is 0 Å². The summed E-state index contributed by atoms with van der Waals surface area (Å²) in [6.45, 7) is 4.54. The fourth-order valence-corrected chi connectivity index (χ4v) is 2.23. The fourth-order valence-electron chi connectivity index (χ4n) is 2.11. The van der Waals surface area contributed by atoms with Crippen LogP contribution in [0.2, 0.25) is 5.02 Å². The van der Waals surface area contributed by atoms with Crippen molar-refractivity contribution in [3.8, 4) is 0 Å². The second kappa shape index (κ2) is 8.67. The van der Waals surface area contributed by atoms with Crippen molar-refractivity contribution in [3.05, 3.63) is 46.6 Å². The molecule has 23 heavy (non-hydrogen) atoms. The molecule has 0 saturated heterocycles. The van der Waals surface area contributed by atoms with E-state index in [-0.39, 0.29) is 11.8 Å². The Hall–Kier alpha value is -1.88. The summed E-state index contributed by atoms with van der Waals surface area (Å²) in [5, 5.41) is 7.50. The van der Waals surface area contributed by atoms with Gasteiger partial charge in [0, 0.05) is 30.3 Å². The summed E-state index contributed by atoms with van der Waals surface area (Å²) in [6, 6.07) is 7.71. The van der Waals surface area contributed by atoms with Crippen molar-refractivity contribution >= 4 is 17.5 Å². The van der Waals surface area contributed by atoms with Crippen molar-refractivity contribution in [2.45, 2.75) is 45.4 Å². The van der Waals surface area contributed by atoms with Crippen LogP contribution >= 0.6 is 11.6 Å². The number of amides is 1. The van der Waals surface area contributed by atoms with E-state index in [0.717, 1.165) is 17.9 Å². The molecule has 1 aromatic carbocycles. The highest BCUT2D eigenvalue weighted by Gasteiger charge is 2.09. The third-order valence-corrected chi connectivity index (χ3v) is 3.70. The maximum absolute atomic E-state index is 11.8. The molecule has 1 N–H and O–H groups in total. The monoisotopic (exact) mass is 335 g/mol.